The summed E-state index contributed by atoms with van der Waals surface area (Å²) in [5.41, 5.74) is 0. The molecule has 17 heavy (non-hydrogen) atoms. The lowest BCUT2D eigenvalue weighted by Gasteiger charge is -2.28. The average Bonchev–Trinajstić information content (AvgIpc) is 2.25. The lowest BCUT2D eigenvalue weighted by molar-refractivity contribution is -0.141. The van der Waals surface area contributed by atoms with E-state index in [1.165, 1.54) is 18.4 Å². The summed E-state index contributed by atoms with van der Waals surface area (Å²) in [7, 11) is -0.908. The molecule has 0 heterocycles. The second-order valence-corrected chi connectivity index (χ2v) is 6.06. The van der Waals surface area contributed by atoms with Gasteiger partial charge in [0.25, 0.3) is 10.2 Å². The van der Waals surface area contributed by atoms with E-state index in [-0.39, 0.29) is 6.42 Å². The van der Waals surface area contributed by atoms with Crippen molar-refractivity contribution in [3.05, 3.63) is 0 Å². The lowest BCUT2D eigenvalue weighted by atomic mass is 10.2. The van der Waals surface area contributed by atoms with Crippen molar-refractivity contribution in [3.63, 3.8) is 0 Å². The van der Waals surface area contributed by atoms with Gasteiger partial charge in [0.05, 0.1) is 0 Å². The predicted molar refractivity (Wildman–Crippen MR) is 65.9 cm³/mol. The third-order valence-electron chi connectivity index (χ3n) is 2.70. The first kappa shape index (κ1) is 16.3. The Morgan fingerprint density at radius 3 is 2.18 bits per heavy atom. The fourth-order valence-corrected chi connectivity index (χ4v) is 2.82. The largest absolute Gasteiger partial charge is 0.480 e. The van der Waals surface area contributed by atoms with E-state index in [2.05, 4.69) is 0 Å². The van der Waals surface area contributed by atoms with E-state index in [4.69, 9.17) is 5.11 Å². The highest BCUT2D eigenvalue weighted by Gasteiger charge is 2.32. The molecular formula is C10H22N2O4S. The van der Waals surface area contributed by atoms with Gasteiger partial charge in [0.1, 0.15) is 6.04 Å². The van der Waals surface area contributed by atoms with Gasteiger partial charge in [-0.25, -0.2) is 0 Å². The van der Waals surface area contributed by atoms with Crippen molar-refractivity contribution in [2.45, 2.75) is 39.2 Å². The van der Waals surface area contributed by atoms with Crippen LogP contribution < -0.4 is 0 Å². The van der Waals surface area contributed by atoms with Crippen LogP contribution in [0.2, 0.25) is 0 Å². The first-order chi connectivity index (χ1) is 7.78. The van der Waals surface area contributed by atoms with Crippen LogP contribution in [0.25, 0.3) is 0 Å². The normalized spacial score (nSPS) is 14.2. The SMILES string of the molecule is CCCCN(C)S(=O)(=O)N(C)C(CC)C(=O)O. The number of likely N-dealkylation sites (N-methyl/N-ethyl adjacent to an activating group) is 1. The number of rotatable bonds is 8. The highest BCUT2D eigenvalue weighted by atomic mass is 32.2. The van der Waals surface area contributed by atoms with Gasteiger partial charge in [-0.2, -0.15) is 17.0 Å². The van der Waals surface area contributed by atoms with E-state index >= 15 is 0 Å². The maximum atomic E-state index is 12.0. The van der Waals surface area contributed by atoms with Gasteiger partial charge < -0.3 is 5.11 Å². The average molecular weight is 266 g/mol. The fraction of sp³-hybridized carbons (Fsp3) is 0.900. The highest BCUT2D eigenvalue weighted by Crippen LogP contribution is 2.12. The van der Waals surface area contributed by atoms with Gasteiger partial charge >= 0.3 is 5.97 Å². The summed E-state index contributed by atoms with van der Waals surface area (Å²) in [5.74, 6) is -1.12. The van der Waals surface area contributed by atoms with Crippen LogP contribution in [0.5, 0.6) is 0 Å². The molecule has 0 saturated heterocycles. The van der Waals surface area contributed by atoms with E-state index < -0.39 is 22.2 Å². The zero-order chi connectivity index (χ0) is 13.6. The first-order valence-corrected chi connectivity index (χ1v) is 7.10. The number of hydrogen-bond donors (Lipinski definition) is 1. The second-order valence-electron chi connectivity index (χ2n) is 3.96. The molecule has 102 valence electrons. The number of nitrogens with zero attached hydrogens (tertiary/aromatic N) is 2. The summed E-state index contributed by atoms with van der Waals surface area (Å²) < 4.78 is 26.2. The van der Waals surface area contributed by atoms with Crippen molar-refractivity contribution >= 4 is 16.2 Å². The zero-order valence-electron chi connectivity index (χ0n) is 10.9. The molecule has 7 heteroatoms. The minimum absolute atomic E-state index is 0.243. The molecule has 0 aliphatic carbocycles. The first-order valence-electron chi connectivity index (χ1n) is 5.71. The highest BCUT2D eigenvalue weighted by molar-refractivity contribution is 7.86. The Balaban J connectivity index is 4.85. The third kappa shape index (κ3) is 4.25. The molecule has 0 spiro atoms. The molecule has 0 rings (SSSR count). The van der Waals surface area contributed by atoms with Crippen LogP contribution in [0.4, 0.5) is 0 Å². The standard InChI is InChI=1S/C10H22N2O4S/c1-5-7-8-11(3)17(15,16)12(4)9(6-2)10(13)14/h9H,5-8H2,1-4H3,(H,13,14). The van der Waals surface area contributed by atoms with Gasteiger partial charge in [0.15, 0.2) is 0 Å². The quantitative estimate of drug-likeness (QED) is 0.703. The molecule has 0 amide bonds. The summed E-state index contributed by atoms with van der Waals surface area (Å²) in [4.78, 5) is 10.9. The monoisotopic (exact) mass is 266 g/mol. The van der Waals surface area contributed by atoms with E-state index in [9.17, 15) is 13.2 Å². The predicted octanol–water partition coefficient (Wildman–Crippen LogP) is 0.758. The van der Waals surface area contributed by atoms with Gasteiger partial charge in [-0.3, -0.25) is 4.79 Å². The molecule has 0 fully saturated rings. The minimum Gasteiger partial charge on any atom is -0.480 e. The Morgan fingerprint density at radius 1 is 1.29 bits per heavy atom. The van der Waals surface area contributed by atoms with Crippen molar-refractivity contribution in [3.8, 4) is 0 Å². The van der Waals surface area contributed by atoms with Crippen molar-refractivity contribution in [1.82, 2.24) is 8.61 Å². The molecule has 0 aliphatic rings. The number of aliphatic carboxylic acids is 1. The molecule has 0 aliphatic heterocycles. The zero-order valence-corrected chi connectivity index (χ0v) is 11.7. The number of unbranched alkanes of at least 4 members (excludes halogenated alkanes) is 1. The fourth-order valence-electron chi connectivity index (χ4n) is 1.46. The number of hydrogen-bond acceptors (Lipinski definition) is 3. The Morgan fingerprint density at radius 2 is 1.82 bits per heavy atom. The molecule has 0 aromatic rings. The van der Waals surface area contributed by atoms with Crippen LogP contribution in [0.15, 0.2) is 0 Å². The van der Waals surface area contributed by atoms with E-state index in [1.54, 1.807) is 6.92 Å². The summed E-state index contributed by atoms with van der Waals surface area (Å²) in [6.07, 6.45) is 1.89. The van der Waals surface area contributed by atoms with E-state index in [0.717, 1.165) is 17.1 Å². The van der Waals surface area contributed by atoms with Gasteiger partial charge in [0.2, 0.25) is 0 Å². The Labute approximate surface area is 103 Å². The summed E-state index contributed by atoms with van der Waals surface area (Å²) in [6, 6.07) is -1.01. The van der Waals surface area contributed by atoms with Gasteiger partial charge in [-0.15, -0.1) is 0 Å². The van der Waals surface area contributed by atoms with Crippen LogP contribution in [-0.2, 0) is 15.0 Å². The summed E-state index contributed by atoms with van der Waals surface area (Å²) in [6.45, 7) is 4.02. The Hall–Kier alpha value is -0.660. The second kappa shape index (κ2) is 6.93. The molecule has 0 bridgehead atoms. The number of carboxylic acids is 1. The topological polar surface area (TPSA) is 77.9 Å². The van der Waals surface area contributed by atoms with Crippen molar-refractivity contribution in [2.24, 2.45) is 0 Å². The molecule has 0 saturated carbocycles. The number of carbonyl (C=O) groups is 1. The molecular weight excluding hydrogens is 244 g/mol. The van der Waals surface area contributed by atoms with Crippen molar-refractivity contribution in [1.29, 1.82) is 0 Å². The van der Waals surface area contributed by atoms with Crippen LogP contribution >= 0.6 is 0 Å². The van der Waals surface area contributed by atoms with Crippen molar-refractivity contribution < 1.29 is 18.3 Å². The molecule has 0 aromatic carbocycles. The molecule has 0 radical (unpaired) electrons. The lowest BCUT2D eigenvalue weighted by Crippen LogP contribution is -2.48. The van der Waals surface area contributed by atoms with E-state index in [0.29, 0.717) is 6.54 Å². The maximum absolute atomic E-state index is 12.0. The van der Waals surface area contributed by atoms with Gasteiger partial charge in [0, 0.05) is 20.6 Å². The van der Waals surface area contributed by atoms with Crippen LogP contribution in [0.1, 0.15) is 33.1 Å². The molecule has 6 nitrogen and oxygen atoms in total. The Kier molecular flexibility index (Phi) is 6.66. The smallest absolute Gasteiger partial charge is 0.322 e. The minimum atomic E-state index is -3.68. The van der Waals surface area contributed by atoms with Gasteiger partial charge in [-0.05, 0) is 12.8 Å². The van der Waals surface area contributed by atoms with Crippen LogP contribution in [-0.4, -0.2) is 54.8 Å². The molecule has 1 atom stereocenters. The Bertz CT molecular complexity index is 342. The van der Waals surface area contributed by atoms with Crippen LogP contribution in [0, 0.1) is 0 Å². The molecule has 1 unspecified atom stereocenters. The third-order valence-corrected chi connectivity index (χ3v) is 4.65. The van der Waals surface area contributed by atoms with Gasteiger partial charge in [-0.1, -0.05) is 20.3 Å². The van der Waals surface area contributed by atoms with Crippen molar-refractivity contribution in [2.75, 3.05) is 20.6 Å². The molecule has 1 N–H and O–H groups in total. The van der Waals surface area contributed by atoms with Crippen LogP contribution in [0.3, 0.4) is 0 Å². The number of carboxylic acid groups (broad SMARTS) is 1. The molecule has 0 aromatic heterocycles. The maximum Gasteiger partial charge on any atom is 0.322 e. The summed E-state index contributed by atoms with van der Waals surface area (Å²) >= 11 is 0. The summed E-state index contributed by atoms with van der Waals surface area (Å²) in [5, 5.41) is 8.94. The van der Waals surface area contributed by atoms with E-state index in [1.807, 2.05) is 6.92 Å².